The molecule has 0 bridgehead atoms. The van der Waals surface area contributed by atoms with Gasteiger partial charge in [-0.3, -0.25) is 4.79 Å². The Hall–Kier alpha value is -1.92. The normalized spacial score (nSPS) is 11.2. The van der Waals surface area contributed by atoms with E-state index in [9.17, 15) is 4.79 Å². The minimum Gasteiger partial charge on any atom is -0.318 e. The molecule has 1 heterocycles. The van der Waals surface area contributed by atoms with Gasteiger partial charge in [-0.15, -0.1) is 11.8 Å². The van der Waals surface area contributed by atoms with Gasteiger partial charge in [-0.2, -0.15) is 5.10 Å². The van der Waals surface area contributed by atoms with Gasteiger partial charge in [0.15, 0.2) is 0 Å². The fraction of sp³-hybridized carbons (Fsp3) is 0.182. The van der Waals surface area contributed by atoms with Crippen molar-refractivity contribution < 1.29 is 4.79 Å². The summed E-state index contributed by atoms with van der Waals surface area (Å²) in [5, 5.41) is 6.00. The first-order valence-corrected chi connectivity index (χ1v) is 11.4. The summed E-state index contributed by atoms with van der Waals surface area (Å²) in [4.78, 5) is 12.1. The van der Waals surface area contributed by atoms with Crippen molar-refractivity contribution in [2.24, 2.45) is 5.10 Å². The van der Waals surface area contributed by atoms with Crippen molar-refractivity contribution >= 4 is 58.7 Å². The summed E-state index contributed by atoms with van der Waals surface area (Å²) in [6.07, 6.45) is 1.66. The van der Waals surface area contributed by atoms with Crippen molar-refractivity contribution in [2.75, 3.05) is 5.75 Å². The van der Waals surface area contributed by atoms with E-state index < -0.39 is 0 Å². The number of benzene rings is 2. The molecule has 0 fully saturated rings. The summed E-state index contributed by atoms with van der Waals surface area (Å²) in [6.45, 7) is 4.03. The number of amides is 1. The third-order valence-corrected chi connectivity index (χ3v) is 6.41. The maximum Gasteiger partial charge on any atom is 0.250 e. The third kappa shape index (κ3) is 5.61. The van der Waals surface area contributed by atoms with Crippen LogP contribution in [0, 0.1) is 13.8 Å². The van der Waals surface area contributed by atoms with Crippen molar-refractivity contribution in [3.8, 4) is 5.69 Å². The minimum absolute atomic E-state index is 0.189. The third-order valence-electron chi connectivity index (χ3n) is 4.49. The number of nitrogens with one attached hydrogen (secondary N) is 1. The standard InChI is InChI=1S/C22H20Cl3N3OS/c1-14-10-16(15(2)28(14)18-8-6-17(23)7-9-18)11-26-27-22(29)13-30-12-19-20(24)4-3-5-21(19)25/h3-11H,12-13H2,1-2H3,(H,27,29)/b26-11-. The Balaban J connectivity index is 1.57. The molecule has 2 aromatic carbocycles. The SMILES string of the molecule is Cc1cc(/C=N\NC(=O)CSCc2c(Cl)cccc2Cl)c(C)n1-c1ccc(Cl)cc1. The van der Waals surface area contributed by atoms with Crippen LogP contribution in [0.1, 0.15) is 22.5 Å². The highest BCUT2D eigenvalue weighted by Gasteiger charge is 2.10. The second-order valence-electron chi connectivity index (χ2n) is 6.62. The fourth-order valence-corrected chi connectivity index (χ4v) is 4.71. The summed E-state index contributed by atoms with van der Waals surface area (Å²) in [6, 6.07) is 15.0. The average molecular weight is 481 g/mol. The van der Waals surface area contributed by atoms with Crippen molar-refractivity contribution in [3.63, 3.8) is 0 Å². The number of hydrogen-bond acceptors (Lipinski definition) is 3. The molecule has 1 N–H and O–H groups in total. The van der Waals surface area contributed by atoms with Gasteiger partial charge in [0.2, 0.25) is 5.91 Å². The molecule has 1 amide bonds. The summed E-state index contributed by atoms with van der Waals surface area (Å²) in [5.74, 6) is 0.617. The van der Waals surface area contributed by atoms with Gasteiger partial charge in [0.1, 0.15) is 0 Å². The largest absolute Gasteiger partial charge is 0.318 e. The molecule has 1 aromatic heterocycles. The molecule has 0 unspecified atom stereocenters. The fourth-order valence-electron chi connectivity index (χ4n) is 3.03. The lowest BCUT2D eigenvalue weighted by Crippen LogP contribution is -2.19. The van der Waals surface area contributed by atoms with Gasteiger partial charge in [-0.1, -0.05) is 40.9 Å². The van der Waals surface area contributed by atoms with Crippen LogP contribution in [0.15, 0.2) is 53.6 Å². The van der Waals surface area contributed by atoms with Crippen LogP contribution in [0.3, 0.4) is 0 Å². The highest BCUT2D eigenvalue weighted by atomic mass is 35.5. The smallest absolute Gasteiger partial charge is 0.250 e. The highest BCUT2D eigenvalue weighted by Crippen LogP contribution is 2.28. The van der Waals surface area contributed by atoms with Crippen LogP contribution in [-0.4, -0.2) is 22.4 Å². The Morgan fingerprint density at radius 3 is 2.43 bits per heavy atom. The summed E-state index contributed by atoms with van der Waals surface area (Å²) < 4.78 is 2.11. The number of nitrogens with zero attached hydrogens (tertiary/aromatic N) is 2. The van der Waals surface area contributed by atoms with Gasteiger partial charge in [-0.05, 0) is 61.9 Å². The van der Waals surface area contributed by atoms with Crippen molar-refractivity contribution in [2.45, 2.75) is 19.6 Å². The molecule has 0 aliphatic heterocycles. The Labute approximate surface area is 195 Å². The molecule has 0 spiro atoms. The molecule has 0 saturated carbocycles. The van der Waals surface area contributed by atoms with E-state index in [0.717, 1.165) is 28.2 Å². The number of rotatable bonds is 7. The van der Waals surface area contributed by atoms with Gasteiger partial charge in [0.25, 0.3) is 0 Å². The number of aryl methyl sites for hydroxylation is 1. The lowest BCUT2D eigenvalue weighted by atomic mass is 10.2. The zero-order valence-electron chi connectivity index (χ0n) is 16.5. The van der Waals surface area contributed by atoms with E-state index in [1.807, 2.05) is 44.2 Å². The first-order chi connectivity index (χ1) is 14.4. The molecule has 3 rings (SSSR count). The van der Waals surface area contributed by atoms with E-state index in [1.165, 1.54) is 11.8 Å². The quantitative estimate of drug-likeness (QED) is 0.312. The number of hydrogen-bond donors (Lipinski definition) is 1. The number of thioether (sulfide) groups is 1. The first-order valence-electron chi connectivity index (χ1n) is 9.14. The number of hydrazone groups is 1. The maximum atomic E-state index is 12.1. The molecule has 30 heavy (non-hydrogen) atoms. The Morgan fingerprint density at radius 2 is 1.77 bits per heavy atom. The van der Waals surface area contributed by atoms with Gasteiger partial charge < -0.3 is 4.57 Å². The number of halogens is 3. The van der Waals surface area contributed by atoms with Crippen LogP contribution in [0.2, 0.25) is 15.1 Å². The van der Waals surface area contributed by atoms with Crippen LogP contribution < -0.4 is 5.43 Å². The molecule has 0 aliphatic carbocycles. The molecule has 3 aromatic rings. The molecule has 8 heteroatoms. The Kier molecular flexibility index (Phi) is 7.89. The van der Waals surface area contributed by atoms with E-state index in [1.54, 1.807) is 24.4 Å². The minimum atomic E-state index is -0.189. The second-order valence-corrected chi connectivity index (χ2v) is 8.86. The van der Waals surface area contributed by atoms with Crippen molar-refractivity contribution in [3.05, 3.63) is 86.1 Å². The summed E-state index contributed by atoms with van der Waals surface area (Å²) in [7, 11) is 0. The summed E-state index contributed by atoms with van der Waals surface area (Å²) in [5.41, 5.74) is 7.44. The molecule has 0 radical (unpaired) electrons. The van der Waals surface area contributed by atoms with Crippen LogP contribution >= 0.6 is 46.6 Å². The maximum absolute atomic E-state index is 12.1. The van der Waals surface area contributed by atoms with Gasteiger partial charge in [0, 0.05) is 43.5 Å². The Bertz CT molecular complexity index is 1060. The van der Waals surface area contributed by atoms with E-state index >= 15 is 0 Å². The van der Waals surface area contributed by atoms with E-state index in [0.29, 0.717) is 20.8 Å². The van der Waals surface area contributed by atoms with E-state index in [2.05, 4.69) is 15.1 Å². The molecule has 156 valence electrons. The molecule has 0 aliphatic rings. The van der Waals surface area contributed by atoms with Crippen LogP contribution in [0.25, 0.3) is 5.69 Å². The lowest BCUT2D eigenvalue weighted by Gasteiger charge is -2.09. The molecular formula is C22H20Cl3N3OS. The molecule has 0 atom stereocenters. The topological polar surface area (TPSA) is 46.4 Å². The van der Waals surface area contributed by atoms with Crippen molar-refractivity contribution in [1.29, 1.82) is 0 Å². The number of aromatic nitrogens is 1. The van der Waals surface area contributed by atoms with E-state index in [-0.39, 0.29) is 11.7 Å². The van der Waals surface area contributed by atoms with Gasteiger partial charge in [0.05, 0.1) is 12.0 Å². The summed E-state index contributed by atoms with van der Waals surface area (Å²) >= 11 is 19.7. The highest BCUT2D eigenvalue weighted by molar-refractivity contribution is 7.99. The zero-order chi connectivity index (χ0) is 21.7. The average Bonchev–Trinajstić information content (AvgIpc) is 2.98. The molecule has 0 saturated heterocycles. The first kappa shape index (κ1) is 22.8. The predicted octanol–water partition coefficient (Wildman–Crippen LogP) is 6.44. The second kappa shape index (κ2) is 10.4. The van der Waals surface area contributed by atoms with Crippen molar-refractivity contribution in [1.82, 2.24) is 9.99 Å². The van der Waals surface area contributed by atoms with Gasteiger partial charge >= 0.3 is 0 Å². The van der Waals surface area contributed by atoms with Gasteiger partial charge in [-0.25, -0.2) is 5.43 Å². The van der Waals surface area contributed by atoms with Crippen LogP contribution in [0.5, 0.6) is 0 Å². The zero-order valence-corrected chi connectivity index (χ0v) is 19.5. The van der Waals surface area contributed by atoms with Crippen LogP contribution in [-0.2, 0) is 10.5 Å². The predicted molar refractivity (Wildman–Crippen MR) is 129 cm³/mol. The molecular weight excluding hydrogens is 461 g/mol. The number of carbonyl (C=O) groups is 1. The van der Waals surface area contributed by atoms with Crippen LogP contribution in [0.4, 0.5) is 0 Å². The van der Waals surface area contributed by atoms with E-state index in [4.69, 9.17) is 34.8 Å². The number of carbonyl (C=O) groups excluding carboxylic acids is 1. The monoisotopic (exact) mass is 479 g/mol. The lowest BCUT2D eigenvalue weighted by molar-refractivity contribution is -0.118. The Morgan fingerprint density at radius 1 is 1.10 bits per heavy atom. The molecule has 4 nitrogen and oxygen atoms in total.